The van der Waals surface area contributed by atoms with Crippen LogP contribution in [0.2, 0.25) is 0 Å². The maximum atomic E-state index is 10.8. The number of H-pyrrole nitrogens is 1. The largest absolute Gasteiger partial charge is 0.481 e. The van der Waals surface area contributed by atoms with Crippen LogP contribution in [0.4, 0.5) is 0 Å². The van der Waals surface area contributed by atoms with Gasteiger partial charge >= 0.3 is 5.97 Å². The number of aromatic amines is 1. The summed E-state index contributed by atoms with van der Waals surface area (Å²) in [6.07, 6.45) is 1.27. The molecule has 1 aromatic heterocycles. The quantitative estimate of drug-likeness (QED) is 0.605. The van der Waals surface area contributed by atoms with Crippen molar-refractivity contribution in [3.05, 3.63) is 34.2 Å². The molecule has 0 bridgehead atoms. The van der Waals surface area contributed by atoms with Crippen LogP contribution >= 0.6 is 0 Å². The first-order valence-corrected chi connectivity index (χ1v) is 3.75. The summed E-state index contributed by atoms with van der Waals surface area (Å²) in [5.41, 5.74) is 5.79. The Kier molecular flexibility index (Phi) is 2.81. The zero-order chi connectivity index (χ0) is 9.84. The minimum absolute atomic E-state index is 0.177. The molecule has 4 N–H and O–H groups in total. The number of aromatic nitrogens is 1. The van der Waals surface area contributed by atoms with Crippen LogP contribution in [0.15, 0.2) is 23.1 Å². The number of carboxylic acid groups (broad SMARTS) is 1. The van der Waals surface area contributed by atoms with Gasteiger partial charge in [0.2, 0.25) is 5.56 Å². The molecule has 0 amide bonds. The van der Waals surface area contributed by atoms with Gasteiger partial charge in [-0.3, -0.25) is 9.59 Å². The zero-order valence-electron chi connectivity index (χ0n) is 6.86. The molecule has 1 atom stereocenters. The summed E-state index contributed by atoms with van der Waals surface area (Å²) in [4.78, 5) is 23.5. The summed E-state index contributed by atoms with van der Waals surface area (Å²) >= 11 is 0. The molecular weight excluding hydrogens is 172 g/mol. The van der Waals surface area contributed by atoms with Gasteiger partial charge in [0.05, 0.1) is 6.42 Å². The van der Waals surface area contributed by atoms with E-state index in [0.717, 1.165) is 0 Å². The molecule has 1 aromatic rings. The van der Waals surface area contributed by atoms with Crippen LogP contribution in [0.25, 0.3) is 0 Å². The van der Waals surface area contributed by atoms with Crippen molar-refractivity contribution in [2.45, 2.75) is 12.5 Å². The third-order valence-corrected chi connectivity index (χ3v) is 1.62. The third kappa shape index (κ3) is 2.72. The van der Waals surface area contributed by atoms with E-state index in [1.165, 1.54) is 12.3 Å². The molecule has 0 aliphatic rings. The lowest BCUT2D eigenvalue weighted by Crippen LogP contribution is -2.17. The normalized spacial score (nSPS) is 12.4. The van der Waals surface area contributed by atoms with Crippen molar-refractivity contribution in [2.24, 2.45) is 5.73 Å². The maximum absolute atomic E-state index is 10.8. The van der Waals surface area contributed by atoms with E-state index in [2.05, 4.69) is 4.98 Å². The molecule has 0 aliphatic heterocycles. The van der Waals surface area contributed by atoms with Crippen LogP contribution in [-0.4, -0.2) is 16.1 Å². The van der Waals surface area contributed by atoms with Crippen molar-refractivity contribution < 1.29 is 9.90 Å². The van der Waals surface area contributed by atoms with Gasteiger partial charge in [0.1, 0.15) is 0 Å². The molecule has 0 fully saturated rings. The highest BCUT2D eigenvalue weighted by Crippen LogP contribution is 2.10. The molecule has 70 valence electrons. The SMILES string of the molecule is N[C@H](CC(=O)O)c1cc[nH]c(=O)c1. The van der Waals surface area contributed by atoms with Gasteiger partial charge < -0.3 is 15.8 Å². The number of carbonyl (C=O) groups is 1. The van der Waals surface area contributed by atoms with E-state index in [1.54, 1.807) is 6.07 Å². The Morgan fingerprint density at radius 3 is 2.92 bits per heavy atom. The Labute approximate surface area is 74.2 Å². The first kappa shape index (κ1) is 9.47. The van der Waals surface area contributed by atoms with Crippen LogP contribution in [0.3, 0.4) is 0 Å². The summed E-state index contributed by atoms with van der Waals surface area (Å²) in [7, 11) is 0. The maximum Gasteiger partial charge on any atom is 0.305 e. The molecular formula is C8H10N2O3. The lowest BCUT2D eigenvalue weighted by molar-refractivity contribution is -0.137. The van der Waals surface area contributed by atoms with Crippen molar-refractivity contribution in [3.63, 3.8) is 0 Å². The molecule has 0 aromatic carbocycles. The van der Waals surface area contributed by atoms with Crippen molar-refractivity contribution in [1.82, 2.24) is 4.98 Å². The first-order chi connectivity index (χ1) is 6.09. The fraction of sp³-hybridized carbons (Fsp3) is 0.250. The topological polar surface area (TPSA) is 96.2 Å². The average Bonchev–Trinajstić information content (AvgIpc) is 2.03. The summed E-state index contributed by atoms with van der Waals surface area (Å²) in [6, 6.07) is 2.27. The monoisotopic (exact) mass is 182 g/mol. The lowest BCUT2D eigenvalue weighted by atomic mass is 10.1. The molecule has 0 spiro atoms. The number of aliphatic carboxylic acids is 1. The molecule has 0 radical (unpaired) electrons. The number of nitrogens with two attached hydrogens (primary N) is 1. The van der Waals surface area contributed by atoms with Gasteiger partial charge in [-0.15, -0.1) is 0 Å². The number of nitrogens with one attached hydrogen (secondary N) is 1. The van der Waals surface area contributed by atoms with Crippen LogP contribution in [-0.2, 0) is 4.79 Å². The van der Waals surface area contributed by atoms with Crippen LogP contribution in [0.1, 0.15) is 18.0 Å². The molecule has 1 heterocycles. The molecule has 5 heteroatoms. The Balaban J connectivity index is 2.82. The zero-order valence-corrected chi connectivity index (χ0v) is 6.86. The van der Waals surface area contributed by atoms with Gasteiger partial charge in [0, 0.05) is 18.3 Å². The Bertz CT molecular complexity index is 358. The van der Waals surface area contributed by atoms with E-state index in [1.807, 2.05) is 0 Å². The Morgan fingerprint density at radius 1 is 1.69 bits per heavy atom. The second kappa shape index (κ2) is 3.86. The van der Waals surface area contributed by atoms with Crippen LogP contribution in [0, 0.1) is 0 Å². The van der Waals surface area contributed by atoms with Crippen molar-refractivity contribution in [1.29, 1.82) is 0 Å². The number of rotatable bonds is 3. The number of hydrogen-bond donors (Lipinski definition) is 3. The van der Waals surface area contributed by atoms with Crippen LogP contribution in [0.5, 0.6) is 0 Å². The summed E-state index contributed by atoms with van der Waals surface area (Å²) in [5.74, 6) is -0.979. The van der Waals surface area contributed by atoms with Gasteiger partial charge in [0.15, 0.2) is 0 Å². The number of pyridine rings is 1. The summed E-state index contributed by atoms with van der Waals surface area (Å²) < 4.78 is 0. The van der Waals surface area contributed by atoms with E-state index in [-0.39, 0.29) is 12.0 Å². The van der Waals surface area contributed by atoms with Gasteiger partial charge in [-0.1, -0.05) is 0 Å². The fourth-order valence-corrected chi connectivity index (χ4v) is 0.998. The highest BCUT2D eigenvalue weighted by molar-refractivity contribution is 5.67. The Morgan fingerprint density at radius 2 is 2.38 bits per heavy atom. The minimum Gasteiger partial charge on any atom is -0.481 e. The van der Waals surface area contributed by atoms with Gasteiger partial charge in [-0.2, -0.15) is 0 Å². The van der Waals surface area contributed by atoms with E-state index in [4.69, 9.17) is 10.8 Å². The summed E-state index contributed by atoms with van der Waals surface area (Å²) in [6.45, 7) is 0. The lowest BCUT2D eigenvalue weighted by Gasteiger charge is -2.07. The molecule has 0 aliphatic carbocycles. The molecule has 1 rings (SSSR count). The van der Waals surface area contributed by atoms with E-state index >= 15 is 0 Å². The molecule has 0 unspecified atom stereocenters. The molecule has 0 saturated heterocycles. The van der Waals surface area contributed by atoms with Gasteiger partial charge in [-0.25, -0.2) is 0 Å². The number of hydrogen-bond acceptors (Lipinski definition) is 3. The van der Waals surface area contributed by atoms with Crippen LogP contribution < -0.4 is 11.3 Å². The predicted octanol–water partition coefficient (Wildman–Crippen LogP) is -0.151. The molecule has 13 heavy (non-hydrogen) atoms. The molecule has 0 saturated carbocycles. The summed E-state index contributed by atoms with van der Waals surface area (Å²) in [5, 5.41) is 8.45. The van der Waals surface area contributed by atoms with E-state index in [0.29, 0.717) is 5.56 Å². The highest BCUT2D eigenvalue weighted by atomic mass is 16.4. The second-order valence-corrected chi connectivity index (χ2v) is 2.69. The van der Waals surface area contributed by atoms with E-state index in [9.17, 15) is 9.59 Å². The van der Waals surface area contributed by atoms with E-state index < -0.39 is 12.0 Å². The third-order valence-electron chi connectivity index (χ3n) is 1.62. The second-order valence-electron chi connectivity index (χ2n) is 2.69. The average molecular weight is 182 g/mol. The fourth-order valence-electron chi connectivity index (χ4n) is 0.998. The predicted molar refractivity (Wildman–Crippen MR) is 46.2 cm³/mol. The van der Waals surface area contributed by atoms with Gasteiger partial charge in [-0.05, 0) is 11.6 Å². The van der Waals surface area contributed by atoms with Gasteiger partial charge in [0.25, 0.3) is 0 Å². The Hall–Kier alpha value is -1.62. The van der Waals surface area contributed by atoms with Crippen molar-refractivity contribution in [2.75, 3.05) is 0 Å². The van der Waals surface area contributed by atoms with Crippen molar-refractivity contribution >= 4 is 5.97 Å². The van der Waals surface area contributed by atoms with Crippen molar-refractivity contribution in [3.8, 4) is 0 Å². The highest BCUT2D eigenvalue weighted by Gasteiger charge is 2.10. The minimum atomic E-state index is -0.979. The number of carboxylic acids is 1. The first-order valence-electron chi connectivity index (χ1n) is 3.75. The smallest absolute Gasteiger partial charge is 0.305 e. The standard InChI is InChI=1S/C8H10N2O3/c9-6(4-8(12)13)5-1-2-10-7(11)3-5/h1-3,6H,4,9H2,(H,10,11)(H,12,13)/t6-/m1/s1. The molecule has 5 nitrogen and oxygen atoms in total.